The van der Waals surface area contributed by atoms with Crippen LogP contribution in [-0.2, 0) is 16.0 Å². The number of hydrogen-bond donors (Lipinski definition) is 1. The summed E-state index contributed by atoms with van der Waals surface area (Å²) >= 11 is 0. The van der Waals surface area contributed by atoms with E-state index in [1.54, 1.807) is 14.2 Å². The van der Waals surface area contributed by atoms with Gasteiger partial charge in [-0.2, -0.15) is 0 Å². The fraction of sp³-hybridized carbons (Fsp3) is 0.632. The third kappa shape index (κ3) is 7.63. The average Bonchev–Trinajstić information content (AvgIpc) is 2.64. The fourth-order valence-corrected chi connectivity index (χ4v) is 3.12. The minimum Gasteiger partial charge on any atom is -0.497 e. The number of nitrogens with one attached hydrogen (secondary N) is 1. The van der Waals surface area contributed by atoms with Crippen molar-refractivity contribution in [3.8, 4) is 5.75 Å². The predicted octanol–water partition coefficient (Wildman–Crippen LogP) is 2.52. The molecule has 0 atom stereocenters. The summed E-state index contributed by atoms with van der Waals surface area (Å²) in [6.07, 6.45) is 4.52. The lowest BCUT2D eigenvalue weighted by Crippen LogP contribution is -2.43. The molecule has 1 aromatic carbocycles. The Morgan fingerprint density at radius 3 is 2.48 bits per heavy atom. The first kappa shape index (κ1) is 21.7. The second kappa shape index (κ2) is 12.1. The summed E-state index contributed by atoms with van der Waals surface area (Å²) in [5, 5.41) is 3.12. The second-order valence-electron chi connectivity index (χ2n) is 6.38. The molecule has 1 aliphatic rings. The van der Waals surface area contributed by atoms with Gasteiger partial charge in [-0.05, 0) is 49.3 Å². The summed E-state index contributed by atoms with van der Waals surface area (Å²) < 4.78 is 10.2. The Kier molecular flexibility index (Phi) is 10.5. The monoisotopic (exact) mass is 370 g/mol. The fourth-order valence-electron chi connectivity index (χ4n) is 3.12. The van der Waals surface area contributed by atoms with Gasteiger partial charge in [0.2, 0.25) is 5.91 Å². The maximum atomic E-state index is 12.1. The molecular weight excluding hydrogens is 340 g/mol. The topological polar surface area (TPSA) is 50.8 Å². The van der Waals surface area contributed by atoms with Crippen molar-refractivity contribution in [1.29, 1.82) is 0 Å². The van der Waals surface area contributed by atoms with Gasteiger partial charge in [-0.1, -0.05) is 12.1 Å². The van der Waals surface area contributed by atoms with Crippen molar-refractivity contribution in [3.63, 3.8) is 0 Å². The van der Waals surface area contributed by atoms with Crippen molar-refractivity contribution in [1.82, 2.24) is 10.2 Å². The Morgan fingerprint density at radius 1 is 1.20 bits per heavy atom. The number of likely N-dealkylation sites (tertiary alicyclic amines) is 1. The smallest absolute Gasteiger partial charge is 0.236 e. The van der Waals surface area contributed by atoms with E-state index >= 15 is 0 Å². The number of piperidine rings is 1. The van der Waals surface area contributed by atoms with Crippen LogP contribution in [0.2, 0.25) is 0 Å². The van der Waals surface area contributed by atoms with E-state index in [0.29, 0.717) is 13.2 Å². The van der Waals surface area contributed by atoms with Crippen molar-refractivity contribution in [2.75, 3.05) is 47.0 Å². The molecule has 0 aliphatic carbocycles. The maximum Gasteiger partial charge on any atom is 0.236 e. The molecule has 0 radical (unpaired) electrons. The lowest BCUT2D eigenvalue weighted by molar-refractivity contribution is -0.131. The molecule has 1 amide bonds. The number of halogens is 1. The van der Waals surface area contributed by atoms with Gasteiger partial charge in [-0.15, -0.1) is 12.4 Å². The van der Waals surface area contributed by atoms with Crippen molar-refractivity contribution >= 4 is 18.3 Å². The van der Waals surface area contributed by atoms with Crippen LogP contribution in [0.4, 0.5) is 0 Å². The van der Waals surface area contributed by atoms with Crippen LogP contribution in [0.25, 0.3) is 0 Å². The van der Waals surface area contributed by atoms with Crippen LogP contribution < -0.4 is 10.1 Å². The molecule has 25 heavy (non-hydrogen) atoms. The molecule has 5 nitrogen and oxygen atoms in total. The van der Waals surface area contributed by atoms with Crippen molar-refractivity contribution in [2.24, 2.45) is 5.92 Å². The predicted molar refractivity (Wildman–Crippen MR) is 103 cm³/mol. The van der Waals surface area contributed by atoms with Crippen molar-refractivity contribution in [3.05, 3.63) is 29.8 Å². The number of hydrogen-bond acceptors (Lipinski definition) is 4. The largest absolute Gasteiger partial charge is 0.497 e. The molecule has 1 fully saturated rings. The summed E-state index contributed by atoms with van der Waals surface area (Å²) in [5.74, 6) is 1.84. The number of amides is 1. The Balaban J connectivity index is 0.00000312. The van der Waals surface area contributed by atoms with Gasteiger partial charge in [0.05, 0.1) is 20.3 Å². The first-order valence-corrected chi connectivity index (χ1v) is 8.83. The highest BCUT2D eigenvalue weighted by Gasteiger charge is 2.22. The molecule has 1 N–H and O–H groups in total. The van der Waals surface area contributed by atoms with E-state index < -0.39 is 0 Å². The summed E-state index contributed by atoms with van der Waals surface area (Å²) in [6.45, 7) is 3.55. The van der Waals surface area contributed by atoms with Crippen molar-refractivity contribution in [2.45, 2.75) is 25.7 Å². The zero-order valence-corrected chi connectivity index (χ0v) is 16.1. The lowest BCUT2D eigenvalue weighted by atomic mass is 9.90. The number of carbonyl (C=O) groups excluding carboxylic acids is 1. The highest BCUT2D eigenvalue weighted by molar-refractivity contribution is 5.85. The maximum absolute atomic E-state index is 12.1. The van der Waals surface area contributed by atoms with E-state index in [-0.39, 0.29) is 18.3 Å². The number of ether oxygens (including phenoxy) is 2. The Hall–Kier alpha value is -1.30. The van der Waals surface area contributed by atoms with Crippen LogP contribution in [0.1, 0.15) is 24.8 Å². The molecule has 1 aromatic rings. The molecule has 6 heteroatoms. The van der Waals surface area contributed by atoms with Gasteiger partial charge in [-0.3, -0.25) is 4.79 Å². The number of rotatable bonds is 9. The molecule has 1 aliphatic heterocycles. The van der Waals surface area contributed by atoms with Crippen LogP contribution in [0.5, 0.6) is 5.75 Å². The lowest BCUT2D eigenvalue weighted by Gasteiger charge is -2.32. The summed E-state index contributed by atoms with van der Waals surface area (Å²) in [4.78, 5) is 14.1. The second-order valence-corrected chi connectivity index (χ2v) is 6.38. The van der Waals surface area contributed by atoms with E-state index in [1.807, 2.05) is 17.0 Å². The molecule has 142 valence electrons. The van der Waals surface area contributed by atoms with E-state index in [9.17, 15) is 4.79 Å². The number of benzene rings is 1. The first-order chi connectivity index (χ1) is 11.7. The number of methoxy groups -OCH3 is 2. The van der Waals surface area contributed by atoms with E-state index in [1.165, 1.54) is 12.0 Å². The molecule has 0 bridgehead atoms. The van der Waals surface area contributed by atoms with Gasteiger partial charge < -0.3 is 19.7 Å². The molecule has 1 heterocycles. The SMILES string of the molecule is COCCNCC(=O)N1CCC(CCc2ccc(OC)cc2)CC1.Cl. The Bertz CT molecular complexity index is 488. The zero-order chi connectivity index (χ0) is 17.2. The molecular formula is C19H31ClN2O3. The average molecular weight is 371 g/mol. The normalized spacial score (nSPS) is 14.9. The summed E-state index contributed by atoms with van der Waals surface area (Å²) in [5.41, 5.74) is 1.36. The van der Waals surface area contributed by atoms with E-state index in [4.69, 9.17) is 9.47 Å². The van der Waals surface area contributed by atoms with E-state index in [0.717, 1.165) is 50.6 Å². The number of aryl methyl sites for hydroxylation is 1. The molecule has 0 aromatic heterocycles. The summed E-state index contributed by atoms with van der Waals surface area (Å²) in [7, 11) is 3.36. The third-order valence-corrected chi connectivity index (χ3v) is 4.73. The van der Waals surface area contributed by atoms with Crippen LogP contribution in [-0.4, -0.2) is 57.8 Å². The third-order valence-electron chi connectivity index (χ3n) is 4.73. The molecule has 0 saturated carbocycles. The highest BCUT2D eigenvalue weighted by atomic mass is 35.5. The molecule has 1 saturated heterocycles. The van der Waals surface area contributed by atoms with Crippen LogP contribution in [0, 0.1) is 5.92 Å². The van der Waals surface area contributed by atoms with Crippen LogP contribution >= 0.6 is 12.4 Å². The number of carbonyl (C=O) groups is 1. The van der Waals surface area contributed by atoms with Gasteiger partial charge in [0.15, 0.2) is 0 Å². The minimum atomic E-state index is 0. The highest BCUT2D eigenvalue weighted by Crippen LogP contribution is 2.23. The van der Waals surface area contributed by atoms with Crippen LogP contribution in [0.15, 0.2) is 24.3 Å². The Labute approximate surface area is 157 Å². The first-order valence-electron chi connectivity index (χ1n) is 8.83. The quantitative estimate of drug-likeness (QED) is 0.679. The standard InChI is InChI=1S/C19H30N2O3.ClH/c1-23-14-11-20-15-19(22)21-12-9-17(10-13-21)4-3-16-5-7-18(24-2)8-6-16;/h5-8,17,20H,3-4,9-15H2,1-2H3;1H. The zero-order valence-electron chi connectivity index (χ0n) is 15.3. The van der Waals surface area contributed by atoms with Gasteiger partial charge in [0, 0.05) is 26.7 Å². The summed E-state index contributed by atoms with van der Waals surface area (Å²) in [6, 6.07) is 8.33. The number of nitrogens with zero attached hydrogens (tertiary/aromatic N) is 1. The van der Waals surface area contributed by atoms with E-state index in [2.05, 4.69) is 17.4 Å². The Morgan fingerprint density at radius 2 is 1.88 bits per heavy atom. The van der Waals surface area contributed by atoms with Crippen molar-refractivity contribution < 1.29 is 14.3 Å². The molecule has 2 rings (SSSR count). The molecule has 0 unspecified atom stereocenters. The van der Waals surface area contributed by atoms with Crippen LogP contribution in [0.3, 0.4) is 0 Å². The van der Waals surface area contributed by atoms with Gasteiger partial charge in [0.1, 0.15) is 5.75 Å². The molecule has 0 spiro atoms. The minimum absolute atomic E-state index is 0. The van der Waals surface area contributed by atoms with Gasteiger partial charge in [0.25, 0.3) is 0 Å². The van der Waals surface area contributed by atoms with Gasteiger partial charge >= 0.3 is 0 Å². The van der Waals surface area contributed by atoms with Gasteiger partial charge in [-0.25, -0.2) is 0 Å².